The van der Waals surface area contributed by atoms with E-state index < -0.39 is 23.7 Å². The predicted molar refractivity (Wildman–Crippen MR) is 161 cm³/mol. The van der Waals surface area contributed by atoms with E-state index in [4.69, 9.17) is 19.2 Å². The molecule has 2 heterocycles. The molecule has 0 aliphatic carbocycles. The largest absolute Gasteiger partial charge is 0.462 e. The molecule has 1 saturated heterocycles. The fourth-order valence-electron chi connectivity index (χ4n) is 4.61. The molecule has 0 radical (unpaired) electrons. The normalized spacial score (nSPS) is 16.2. The van der Waals surface area contributed by atoms with E-state index >= 15 is 0 Å². The van der Waals surface area contributed by atoms with Crippen LogP contribution in [0.4, 0.5) is 10.5 Å². The monoisotopic (exact) mass is 582 g/mol. The number of carbonyl (C=O) groups excluding carboxylic acids is 2. The van der Waals surface area contributed by atoms with Crippen molar-refractivity contribution in [2.24, 2.45) is 10.9 Å². The Morgan fingerprint density at radius 3 is 2.34 bits per heavy atom. The molecular formula is C31H42N4O5S. The Morgan fingerprint density at radius 1 is 0.951 bits per heavy atom. The summed E-state index contributed by atoms with van der Waals surface area (Å²) in [6.45, 7) is 14.4. The number of para-hydroxylation sites is 1. The van der Waals surface area contributed by atoms with E-state index in [2.05, 4.69) is 57.6 Å². The Kier molecular flexibility index (Phi) is 10.7. The van der Waals surface area contributed by atoms with Crippen LogP contribution in [-0.4, -0.2) is 91.9 Å². The summed E-state index contributed by atoms with van der Waals surface area (Å²) < 4.78 is 16.4. The van der Waals surface area contributed by atoms with Crippen molar-refractivity contribution in [2.75, 3.05) is 52.5 Å². The number of rotatable bonds is 9. The minimum Gasteiger partial charge on any atom is -0.462 e. The summed E-state index contributed by atoms with van der Waals surface area (Å²) in [4.78, 5) is 36.9. The van der Waals surface area contributed by atoms with Gasteiger partial charge in [-0.1, -0.05) is 55.9 Å². The van der Waals surface area contributed by atoms with Crippen LogP contribution in [0.1, 0.15) is 40.2 Å². The highest BCUT2D eigenvalue weighted by Gasteiger charge is 2.28. The van der Waals surface area contributed by atoms with Crippen LogP contribution in [0.25, 0.3) is 0 Å². The van der Waals surface area contributed by atoms with Gasteiger partial charge in [-0.25, -0.2) is 14.6 Å². The van der Waals surface area contributed by atoms with Crippen molar-refractivity contribution in [1.29, 1.82) is 0 Å². The van der Waals surface area contributed by atoms with Crippen molar-refractivity contribution in [1.82, 2.24) is 15.1 Å². The second kappa shape index (κ2) is 14.2. The third kappa shape index (κ3) is 8.95. The van der Waals surface area contributed by atoms with Crippen LogP contribution in [0.2, 0.25) is 0 Å². The number of fused-ring (bicyclic) bond motifs is 2. The Morgan fingerprint density at radius 2 is 1.63 bits per heavy atom. The second-order valence-electron chi connectivity index (χ2n) is 11.5. The van der Waals surface area contributed by atoms with Crippen molar-refractivity contribution < 1.29 is 23.8 Å². The lowest BCUT2D eigenvalue weighted by Gasteiger charge is -2.36. The quantitative estimate of drug-likeness (QED) is 0.328. The number of nitrogens with one attached hydrogen (secondary N) is 1. The number of hydrogen-bond donors (Lipinski definition) is 1. The van der Waals surface area contributed by atoms with Gasteiger partial charge in [-0.15, -0.1) is 0 Å². The molecule has 1 atom stereocenters. The molecule has 1 unspecified atom stereocenters. The zero-order valence-corrected chi connectivity index (χ0v) is 25.5. The van der Waals surface area contributed by atoms with Gasteiger partial charge < -0.3 is 24.4 Å². The number of alkyl carbamates (subject to hydrolysis) is 1. The summed E-state index contributed by atoms with van der Waals surface area (Å²) in [5.41, 5.74) is 1.55. The second-order valence-corrected chi connectivity index (χ2v) is 12.6. The first-order valence-electron chi connectivity index (χ1n) is 14.3. The minimum atomic E-state index is -0.779. The fraction of sp³-hybridized carbons (Fsp3) is 0.516. The molecule has 0 saturated carbocycles. The van der Waals surface area contributed by atoms with Gasteiger partial charge in [0.1, 0.15) is 24.1 Å². The van der Waals surface area contributed by atoms with Gasteiger partial charge in [-0.2, -0.15) is 0 Å². The van der Waals surface area contributed by atoms with Crippen LogP contribution in [0.3, 0.4) is 0 Å². The number of ether oxygens (including phenoxy) is 3. The van der Waals surface area contributed by atoms with Crippen molar-refractivity contribution in [2.45, 2.75) is 56.1 Å². The Bertz CT molecular complexity index is 1220. The fourth-order valence-corrected chi connectivity index (χ4v) is 5.63. The summed E-state index contributed by atoms with van der Waals surface area (Å²) in [6, 6.07) is 16.0. The molecule has 2 aliphatic rings. The summed E-state index contributed by atoms with van der Waals surface area (Å²) in [7, 11) is 0. The molecule has 0 bridgehead atoms. The van der Waals surface area contributed by atoms with Gasteiger partial charge in [0.25, 0.3) is 0 Å². The highest BCUT2D eigenvalue weighted by atomic mass is 32.2. The van der Waals surface area contributed by atoms with Crippen LogP contribution in [0.15, 0.2) is 63.3 Å². The van der Waals surface area contributed by atoms with Gasteiger partial charge in [-0.05, 0) is 44.9 Å². The molecule has 0 aromatic heterocycles. The SMILES string of the molecule is CC(C)C(NC(=O)OC(C)(C)C)C(=O)OCCOCCN1CCN(C2=Nc3ccccc3Sc3ccccc32)CC1. The third-order valence-electron chi connectivity index (χ3n) is 6.73. The van der Waals surface area contributed by atoms with Crippen molar-refractivity contribution in [3.8, 4) is 0 Å². The highest BCUT2D eigenvalue weighted by molar-refractivity contribution is 7.99. The van der Waals surface area contributed by atoms with Crippen molar-refractivity contribution in [3.05, 3.63) is 54.1 Å². The van der Waals surface area contributed by atoms with E-state index in [0.717, 1.165) is 44.2 Å². The maximum atomic E-state index is 12.5. The molecule has 1 fully saturated rings. The zero-order chi connectivity index (χ0) is 29.4. The number of carbonyl (C=O) groups is 2. The first-order chi connectivity index (χ1) is 19.6. The van der Waals surface area contributed by atoms with E-state index in [1.807, 2.05) is 19.9 Å². The smallest absolute Gasteiger partial charge is 0.408 e. The molecule has 222 valence electrons. The average molecular weight is 583 g/mol. The van der Waals surface area contributed by atoms with Crippen molar-refractivity contribution >= 4 is 35.3 Å². The molecule has 9 nitrogen and oxygen atoms in total. The molecule has 1 N–H and O–H groups in total. The highest BCUT2D eigenvalue weighted by Crippen LogP contribution is 2.40. The standard InChI is InChI=1S/C31H42N4O5S/c1-22(2)27(33-30(37)40-31(3,4)5)29(36)39-21-20-38-19-18-34-14-16-35(17-15-34)28-23-10-6-8-12-25(23)41-26-13-9-7-11-24(26)32-28/h6-13,22,27H,14-21H2,1-5H3,(H,33,37). The van der Waals surface area contributed by atoms with E-state index in [0.29, 0.717) is 13.2 Å². The summed E-state index contributed by atoms with van der Waals surface area (Å²) >= 11 is 1.77. The molecule has 1 amide bonds. The number of nitrogens with zero attached hydrogens (tertiary/aromatic N) is 3. The first kappa shape index (κ1) is 30.9. The lowest BCUT2D eigenvalue weighted by atomic mass is 10.1. The Hall–Kier alpha value is -3.08. The van der Waals surface area contributed by atoms with Crippen LogP contribution in [-0.2, 0) is 19.0 Å². The predicted octanol–water partition coefficient (Wildman–Crippen LogP) is 4.96. The topological polar surface area (TPSA) is 92.7 Å². The van der Waals surface area contributed by atoms with Gasteiger partial charge in [0, 0.05) is 48.1 Å². The van der Waals surface area contributed by atoms with Gasteiger partial charge in [0.05, 0.1) is 18.9 Å². The van der Waals surface area contributed by atoms with Crippen molar-refractivity contribution in [3.63, 3.8) is 0 Å². The molecule has 4 rings (SSSR count). The number of amides is 1. The molecule has 2 aromatic rings. The van der Waals surface area contributed by atoms with Gasteiger partial charge in [0.2, 0.25) is 0 Å². The summed E-state index contributed by atoms with van der Waals surface area (Å²) in [5.74, 6) is 0.409. The molecule has 2 aromatic carbocycles. The first-order valence-corrected chi connectivity index (χ1v) is 15.1. The average Bonchev–Trinajstić information content (AvgIpc) is 3.09. The number of benzene rings is 2. The third-order valence-corrected chi connectivity index (χ3v) is 7.87. The van der Waals surface area contributed by atoms with E-state index in [1.54, 1.807) is 32.5 Å². The number of hydrogen-bond acceptors (Lipinski definition) is 9. The summed E-state index contributed by atoms with van der Waals surface area (Å²) in [5, 5.41) is 2.61. The van der Waals surface area contributed by atoms with E-state index in [1.165, 1.54) is 15.4 Å². The summed E-state index contributed by atoms with van der Waals surface area (Å²) in [6.07, 6.45) is -0.636. The van der Waals surface area contributed by atoms with Gasteiger partial charge in [0.15, 0.2) is 0 Å². The van der Waals surface area contributed by atoms with Gasteiger partial charge >= 0.3 is 12.1 Å². The Labute approximate surface area is 247 Å². The number of amidine groups is 1. The van der Waals surface area contributed by atoms with Gasteiger partial charge in [-0.3, -0.25) is 4.90 Å². The number of aliphatic imine (C=N–C) groups is 1. The van der Waals surface area contributed by atoms with E-state index in [9.17, 15) is 9.59 Å². The van der Waals surface area contributed by atoms with Crippen LogP contribution < -0.4 is 5.32 Å². The lowest BCUT2D eigenvalue weighted by molar-refractivity contribution is -0.149. The molecule has 2 aliphatic heterocycles. The molecule has 0 spiro atoms. The lowest BCUT2D eigenvalue weighted by Crippen LogP contribution is -2.49. The maximum Gasteiger partial charge on any atom is 0.408 e. The number of esters is 1. The molecular weight excluding hydrogens is 540 g/mol. The number of piperazine rings is 1. The molecule has 41 heavy (non-hydrogen) atoms. The van der Waals surface area contributed by atoms with E-state index in [-0.39, 0.29) is 12.5 Å². The maximum absolute atomic E-state index is 12.5. The van der Waals surface area contributed by atoms with Crippen LogP contribution >= 0.6 is 11.8 Å². The van der Waals surface area contributed by atoms with Crippen LogP contribution in [0.5, 0.6) is 0 Å². The van der Waals surface area contributed by atoms with Crippen LogP contribution in [0, 0.1) is 5.92 Å². The zero-order valence-electron chi connectivity index (χ0n) is 24.7. The molecule has 10 heteroatoms. The Balaban J connectivity index is 1.18. The minimum absolute atomic E-state index is 0.130.